The van der Waals surface area contributed by atoms with Crippen molar-refractivity contribution in [3.05, 3.63) is 66.2 Å². The van der Waals surface area contributed by atoms with Crippen molar-refractivity contribution < 1.29 is 23.4 Å². The second-order valence-electron chi connectivity index (χ2n) is 7.48. The number of halogens is 1. The predicted octanol–water partition coefficient (Wildman–Crippen LogP) is 4.26. The Morgan fingerprint density at radius 1 is 1.03 bits per heavy atom. The van der Waals surface area contributed by atoms with Crippen molar-refractivity contribution in [1.29, 1.82) is 0 Å². The molecule has 0 bridgehead atoms. The highest BCUT2D eigenvalue weighted by molar-refractivity contribution is 7.92. The number of aliphatic hydroxyl groups is 1. The molecule has 0 aliphatic carbocycles. The van der Waals surface area contributed by atoms with Crippen LogP contribution in [0, 0.1) is 0 Å². The van der Waals surface area contributed by atoms with Crippen LogP contribution in [0.2, 0.25) is 0 Å². The number of fused-ring (bicyclic) bond motifs is 3. The van der Waals surface area contributed by atoms with Crippen molar-refractivity contribution in [1.82, 2.24) is 5.32 Å². The fraction of sp³-hybridized carbons (Fsp3) is 0.217. The Balaban J connectivity index is 0.00000306. The van der Waals surface area contributed by atoms with Crippen LogP contribution in [0.4, 0.5) is 5.69 Å². The summed E-state index contributed by atoms with van der Waals surface area (Å²) in [4.78, 5) is 0. The first-order valence-electron chi connectivity index (χ1n) is 10.0. The van der Waals surface area contributed by atoms with E-state index in [0.29, 0.717) is 18.7 Å². The highest BCUT2D eigenvalue weighted by Crippen LogP contribution is 2.35. The van der Waals surface area contributed by atoms with E-state index in [1.165, 1.54) is 32.3 Å². The van der Waals surface area contributed by atoms with E-state index in [1.54, 1.807) is 17.4 Å². The molecular weight excluding hydrogens is 484 g/mol. The first-order chi connectivity index (χ1) is 15.3. The quantitative estimate of drug-likeness (QED) is 0.199. The molecule has 4 aromatic rings. The summed E-state index contributed by atoms with van der Waals surface area (Å²) in [5.41, 5.74) is 0.515. The van der Waals surface area contributed by atoms with E-state index in [9.17, 15) is 18.6 Å². The molecule has 0 radical (unpaired) electrons. The van der Waals surface area contributed by atoms with Gasteiger partial charge in [-0.1, -0.05) is 24.3 Å². The lowest BCUT2D eigenvalue weighted by Crippen LogP contribution is -2.26. The lowest BCUT2D eigenvalue weighted by molar-refractivity contribution is 0.172. The van der Waals surface area contributed by atoms with Crippen molar-refractivity contribution in [2.45, 2.75) is 6.10 Å². The first-order valence-corrected chi connectivity index (χ1v) is 12.7. The van der Waals surface area contributed by atoms with Crippen LogP contribution >= 0.6 is 23.7 Å². The van der Waals surface area contributed by atoms with Gasteiger partial charge in [0, 0.05) is 33.3 Å². The largest absolute Gasteiger partial charge is 0.506 e. The summed E-state index contributed by atoms with van der Waals surface area (Å²) in [7, 11) is -3.54. The van der Waals surface area contributed by atoms with Crippen LogP contribution in [0.5, 0.6) is 11.5 Å². The number of rotatable bonds is 9. The molecule has 33 heavy (non-hydrogen) atoms. The average Bonchev–Trinajstić information content (AvgIpc) is 3.11. The molecule has 4 N–H and O–H groups in total. The van der Waals surface area contributed by atoms with Gasteiger partial charge in [0.25, 0.3) is 0 Å². The van der Waals surface area contributed by atoms with E-state index in [4.69, 9.17) is 4.74 Å². The second kappa shape index (κ2) is 10.6. The standard InChI is InChI=1S/C23H24N2O5S2.ClH/c1-32(28,29)25-19-12-15(6-9-20(19)26)21(27)14-24-10-11-30-16-7-8-18-17-4-2-3-5-22(17)31-23(18)13-16;/h2-9,12-13,21,24-27H,10-11,14H2,1H3;1H/t21-;/m1./s1. The Labute approximate surface area is 202 Å². The number of phenolic OH excluding ortho intramolecular Hbond substituents is 1. The van der Waals surface area contributed by atoms with Crippen molar-refractivity contribution >= 4 is 59.6 Å². The Kier molecular flexibility index (Phi) is 8.04. The summed E-state index contributed by atoms with van der Waals surface area (Å²) >= 11 is 1.74. The summed E-state index contributed by atoms with van der Waals surface area (Å²) in [6.45, 7) is 1.20. The van der Waals surface area contributed by atoms with E-state index >= 15 is 0 Å². The Hall–Kier alpha value is -2.56. The second-order valence-corrected chi connectivity index (χ2v) is 10.3. The van der Waals surface area contributed by atoms with Crippen molar-refractivity contribution in [2.24, 2.45) is 0 Å². The minimum absolute atomic E-state index is 0. The molecule has 3 aromatic carbocycles. The SMILES string of the molecule is CS(=O)(=O)Nc1cc([C@H](O)CNCCOc2ccc3c(c2)sc2ccccc23)ccc1O.Cl. The van der Waals surface area contributed by atoms with E-state index in [0.717, 1.165) is 12.0 Å². The van der Waals surface area contributed by atoms with Crippen molar-refractivity contribution in [3.63, 3.8) is 0 Å². The van der Waals surface area contributed by atoms with Gasteiger partial charge in [0.1, 0.15) is 18.1 Å². The number of anilines is 1. The lowest BCUT2D eigenvalue weighted by Gasteiger charge is -2.15. The zero-order chi connectivity index (χ0) is 22.7. The summed E-state index contributed by atoms with van der Waals surface area (Å²) in [6, 6.07) is 18.7. The van der Waals surface area contributed by atoms with Gasteiger partial charge in [-0.3, -0.25) is 4.72 Å². The fourth-order valence-electron chi connectivity index (χ4n) is 3.44. The van der Waals surface area contributed by atoms with Crippen LogP contribution in [0.3, 0.4) is 0 Å². The average molecular weight is 509 g/mol. The maximum atomic E-state index is 11.4. The van der Waals surface area contributed by atoms with E-state index in [-0.39, 0.29) is 30.4 Å². The Bertz CT molecular complexity index is 1360. The summed E-state index contributed by atoms with van der Waals surface area (Å²) in [5.74, 6) is 0.588. The zero-order valence-corrected chi connectivity index (χ0v) is 20.3. The van der Waals surface area contributed by atoms with Crippen LogP contribution in [-0.2, 0) is 10.0 Å². The smallest absolute Gasteiger partial charge is 0.229 e. The molecule has 1 atom stereocenters. The molecule has 0 fully saturated rings. The van der Waals surface area contributed by atoms with Gasteiger partial charge in [-0.25, -0.2) is 8.42 Å². The number of hydrogen-bond acceptors (Lipinski definition) is 7. The molecule has 0 aliphatic rings. The molecule has 1 heterocycles. The van der Waals surface area contributed by atoms with Gasteiger partial charge in [0.05, 0.1) is 18.0 Å². The minimum atomic E-state index is -3.54. The van der Waals surface area contributed by atoms with E-state index < -0.39 is 16.1 Å². The third-order valence-electron chi connectivity index (χ3n) is 4.94. The number of phenols is 1. The molecule has 176 valence electrons. The van der Waals surface area contributed by atoms with Crippen LogP contribution in [0.15, 0.2) is 60.7 Å². The number of aliphatic hydroxyl groups excluding tert-OH is 1. The van der Waals surface area contributed by atoms with Crippen molar-refractivity contribution in [3.8, 4) is 11.5 Å². The Morgan fingerprint density at radius 2 is 1.79 bits per heavy atom. The van der Waals surface area contributed by atoms with Crippen LogP contribution in [0.25, 0.3) is 20.2 Å². The topological polar surface area (TPSA) is 108 Å². The fourth-order valence-corrected chi connectivity index (χ4v) is 5.13. The maximum Gasteiger partial charge on any atom is 0.229 e. The third kappa shape index (κ3) is 6.27. The number of aromatic hydroxyl groups is 1. The van der Waals surface area contributed by atoms with Gasteiger partial charge in [-0.05, 0) is 42.0 Å². The third-order valence-corrected chi connectivity index (χ3v) is 6.66. The molecular formula is C23H25ClN2O5S2. The lowest BCUT2D eigenvalue weighted by atomic mass is 10.1. The highest BCUT2D eigenvalue weighted by Gasteiger charge is 2.13. The molecule has 0 spiro atoms. The van der Waals surface area contributed by atoms with Gasteiger partial charge in [0.2, 0.25) is 10.0 Å². The number of nitrogens with one attached hydrogen (secondary N) is 2. The van der Waals surface area contributed by atoms with Crippen molar-refractivity contribution in [2.75, 3.05) is 30.7 Å². The van der Waals surface area contributed by atoms with Gasteiger partial charge >= 0.3 is 0 Å². The van der Waals surface area contributed by atoms with Crippen LogP contribution < -0.4 is 14.8 Å². The summed E-state index contributed by atoms with van der Waals surface area (Å²) in [5, 5.41) is 25.8. The molecule has 10 heteroatoms. The molecule has 1 aromatic heterocycles. The molecule has 7 nitrogen and oxygen atoms in total. The summed E-state index contributed by atoms with van der Waals surface area (Å²) in [6.07, 6.45) is 0.126. The number of ether oxygens (including phenoxy) is 1. The number of sulfonamides is 1. The maximum absolute atomic E-state index is 11.4. The molecule has 0 aliphatic heterocycles. The van der Waals surface area contributed by atoms with Gasteiger partial charge < -0.3 is 20.3 Å². The number of hydrogen-bond donors (Lipinski definition) is 4. The minimum Gasteiger partial charge on any atom is -0.506 e. The zero-order valence-electron chi connectivity index (χ0n) is 17.8. The normalized spacial score (nSPS) is 12.4. The summed E-state index contributed by atoms with van der Waals surface area (Å²) < 4.78 is 33.3. The monoisotopic (exact) mass is 508 g/mol. The highest BCUT2D eigenvalue weighted by atomic mass is 35.5. The first kappa shape index (κ1) is 25.1. The van der Waals surface area contributed by atoms with Gasteiger partial charge in [-0.15, -0.1) is 23.7 Å². The molecule has 4 rings (SSSR count). The molecule has 0 amide bonds. The Morgan fingerprint density at radius 3 is 2.58 bits per heavy atom. The van der Waals surface area contributed by atoms with Crippen LogP contribution in [0.1, 0.15) is 11.7 Å². The molecule has 0 saturated carbocycles. The van der Waals surface area contributed by atoms with Gasteiger partial charge in [-0.2, -0.15) is 0 Å². The van der Waals surface area contributed by atoms with Gasteiger partial charge in [0.15, 0.2) is 0 Å². The number of thiophene rings is 1. The number of benzene rings is 3. The molecule has 0 unspecified atom stereocenters. The predicted molar refractivity (Wildman–Crippen MR) is 136 cm³/mol. The van der Waals surface area contributed by atoms with E-state index in [1.807, 2.05) is 24.3 Å². The molecule has 0 saturated heterocycles. The van der Waals surface area contributed by atoms with E-state index in [2.05, 4.69) is 28.2 Å². The van der Waals surface area contributed by atoms with Crippen LogP contribution in [-0.4, -0.2) is 44.6 Å².